The molecular weight excluding hydrogens is 554 g/mol. The monoisotopic (exact) mass is 589 g/mol. The van der Waals surface area contributed by atoms with Crippen LogP contribution in [0.15, 0.2) is 103 Å². The third kappa shape index (κ3) is 5.53. The van der Waals surface area contributed by atoms with E-state index >= 15 is 0 Å². The number of aromatic nitrogens is 2. The van der Waals surface area contributed by atoms with Crippen LogP contribution < -0.4 is 24.6 Å². The minimum absolute atomic E-state index is 0.114. The summed E-state index contributed by atoms with van der Waals surface area (Å²) in [5.74, 6) is 2.27. The fourth-order valence-electron chi connectivity index (χ4n) is 5.79. The lowest BCUT2D eigenvalue weighted by molar-refractivity contribution is 0.413. The summed E-state index contributed by atoms with van der Waals surface area (Å²) in [6.07, 6.45) is 1.83. The molecule has 0 unspecified atom stereocenters. The van der Waals surface area contributed by atoms with Crippen molar-refractivity contribution in [1.82, 2.24) is 14.9 Å². The van der Waals surface area contributed by atoms with Crippen LogP contribution in [0.1, 0.15) is 34.7 Å². The highest BCUT2D eigenvalue weighted by Gasteiger charge is 2.42. The molecule has 0 saturated carbocycles. The normalized spacial score (nSPS) is 16.2. The maximum absolute atomic E-state index is 6.10. The van der Waals surface area contributed by atoms with Gasteiger partial charge in [-0.1, -0.05) is 6.07 Å². The Morgan fingerprint density at radius 1 is 0.814 bits per heavy atom. The van der Waals surface area contributed by atoms with Crippen LogP contribution in [0.2, 0.25) is 0 Å². The predicted octanol–water partition coefficient (Wildman–Crippen LogP) is 7.53. The van der Waals surface area contributed by atoms with Crippen molar-refractivity contribution in [2.75, 3.05) is 31.0 Å². The molecule has 0 radical (unpaired) electrons. The number of ether oxygens (including phenoxy) is 2. The van der Waals surface area contributed by atoms with Gasteiger partial charge in [-0.05, 0) is 123 Å². The van der Waals surface area contributed by atoms with Crippen LogP contribution in [0.5, 0.6) is 17.2 Å². The fraction of sp³-hybridized carbons (Fsp3) is 0.200. The van der Waals surface area contributed by atoms with E-state index in [0.29, 0.717) is 5.11 Å². The summed E-state index contributed by atoms with van der Waals surface area (Å²) < 4.78 is 13.7. The van der Waals surface area contributed by atoms with Crippen molar-refractivity contribution in [2.45, 2.75) is 25.9 Å². The van der Waals surface area contributed by atoms with Gasteiger partial charge in [-0.3, -0.25) is 4.98 Å². The van der Waals surface area contributed by atoms with E-state index in [9.17, 15) is 0 Å². The maximum atomic E-state index is 6.10. The highest BCUT2D eigenvalue weighted by atomic mass is 32.1. The van der Waals surface area contributed by atoms with Crippen molar-refractivity contribution >= 4 is 28.7 Å². The molecule has 1 fully saturated rings. The van der Waals surface area contributed by atoms with Crippen molar-refractivity contribution in [3.8, 4) is 22.9 Å². The second-order valence-corrected chi connectivity index (χ2v) is 11.2. The van der Waals surface area contributed by atoms with Gasteiger partial charge >= 0.3 is 0 Å². The fourth-order valence-corrected chi connectivity index (χ4v) is 6.13. The summed E-state index contributed by atoms with van der Waals surface area (Å²) in [5, 5.41) is 4.24. The van der Waals surface area contributed by atoms with Crippen molar-refractivity contribution in [1.29, 1.82) is 0 Å². The van der Waals surface area contributed by atoms with Crippen LogP contribution in [0.3, 0.4) is 0 Å². The molecule has 6 rings (SSSR count). The molecule has 0 aliphatic carbocycles. The van der Waals surface area contributed by atoms with Crippen LogP contribution in [0.25, 0.3) is 5.69 Å². The number of thiocarbonyl (C=S) groups is 1. The van der Waals surface area contributed by atoms with E-state index in [0.717, 1.165) is 51.4 Å². The van der Waals surface area contributed by atoms with Gasteiger partial charge in [0, 0.05) is 48.7 Å². The van der Waals surface area contributed by atoms with Crippen LogP contribution in [0, 0.1) is 13.8 Å². The van der Waals surface area contributed by atoms with Crippen LogP contribution in [0.4, 0.5) is 11.4 Å². The van der Waals surface area contributed by atoms with E-state index in [1.54, 1.807) is 7.11 Å². The molecular formula is C35H35N5O2S. The molecule has 43 heavy (non-hydrogen) atoms. The molecule has 1 aliphatic rings. The number of hydrogen-bond acceptors (Lipinski definition) is 5. The summed E-state index contributed by atoms with van der Waals surface area (Å²) >= 11 is 5.99. The van der Waals surface area contributed by atoms with Crippen molar-refractivity contribution < 1.29 is 9.47 Å². The highest BCUT2D eigenvalue weighted by Crippen LogP contribution is 2.44. The zero-order chi connectivity index (χ0) is 30.1. The van der Waals surface area contributed by atoms with Gasteiger partial charge in [0.25, 0.3) is 0 Å². The standard InChI is InChI=1S/C35H35N5O2S/c1-23-22-31(24(2)39(23)26-11-9-25(10-12-26)38(3)4)34-33(32-8-6-7-21-36-32)37-35(43)40(34)27-13-15-29(16-14-27)42-30-19-17-28(41-5)18-20-30/h6-22,33-34H,1-5H3,(H,37,43)/t33-,34+/m1/s1. The summed E-state index contributed by atoms with van der Waals surface area (Å²) in [5.41, 5.74) is 7.72. The van der Waals surface area contributed by atoms with Gasteiger partial charge < -0.3 is 29.2 Å². The Morgan fingerprint density at radius 3 is 2.05 bits per heavy atom. The summed E-state index contributed by atoms with van der Waals surface area (Å²) in [4.78, 5) is 9.04. The maximum Gasteiger partial charge on any atom is 0.174 e. The van der Waals surface area contributed by atoms with Gasteiger partial charge in [-0.2, -0.15) is 0 Å². The number of rotatable bonds is 8. The molecule has 2 aromatic heterocycles. The molecule has 0 amide bonds. The van der Waals surface area contributed by atoms with Crippen LogP contribution in [-0.4, -0.2) is 35.9 Å². The van der Waals surface area contributed by atoms with Crippen LogP contribution >= 0.6 is 12.2 Å². The van der Waals surface area contributed by atoms with E-state index in [4.69, 9.17) is 26.7 Å². The first-order valence-corrected chi connectivity index (χ1v) is 14.6. The quantitative estimate of drug-likeness (QED) is 0.188. The SMILES string of the molecule is COc1ccc(Oc2ccc(N3C(=S)N[C@H](c4ccccn4)[C@@H]3c3cc(C)n(-c4ccc(N(C)C)cc4)c3C)cc2)cc1. The summed E-state index contributed by atoms with van der Waals surface area (Å²) in [6, 6.07) is 32.3. The molecule has 2 atom stereocenters. The third-order valence-electron chi connectivity index (χ3n) is 7.92. The highest BCUT2D eigenvalue weighted by molar-refractivity contribution is 7.80. The Balaban J connectivity index is 1.37. The van der Waals surface area contributed by atoms with Gasteiger partial charge in [0.15, 0.2) is 5.11 Å². The van der Waals surface area contributed by atoms with Gasteiger partial charge in [0.1, 0.15) is 17.2 Å². The third-order valence-corrected chi connectivity index (χ3v) is 8.24. The molecule has 218 valence electrons. The van der Waals surface area contributed by atoms with Gasteiger partial charge in [-0.15, -0.1) is 0 Å². The Morgan fingerprint density at radius 2 is 1.44 bits per heavy atom. The molecule has 1 aliphatic heterocycles. The topological polar surface area (TPSA) is 54.8 Å². The summed E-state index contributed by atoms with van der Waals surface area (Å²) in [7, 11) is 5.76. The van der Waals surface area contributed by atoms with Gasteiger partial charge in [0.05, 0.1) is 24.9 Å². The number of benzene rings is 3. The number of aryl methyl sites for hydroxylation is 1. The first-order chi connectivity index (χ1) is 20.8. The minimum Gasteiger partial charge on any atom is -0.497 e. The predicted molar refractivity (Wildman–Crippen MR) is 177 cm³/mol. The molecule has 1 N–H and O–H groups in total. The Hall–Kier alpha value is -4.82. The van der Waals surface area contributed by atoms with E-state index in [1.165, 1.54) is 5.56 Å². The lowest BCUT2D eigenvalue weighted by Gasteiger charge is -2.28. The van der Waals surface area contributed by atoms with E-state index in [-0.39, 0.29) is 12.1 Å². The van der Waals surface area contributed by atoms with Crippen molar-refractivity contribution in [3.63, 3.8) is 0 Å². The first kappa shape index (κ1) is 28.3. The second-order valence-electron chi connectivity index (χ2n) is 10.8. The van der Waals surface area contributed by atoms with E-state index in [1.807, 2.05) is 54.7 Å². The average molecular weight is 590 g/mol. The minimum atomic E-state index is -0.131. The zero-order valence-electron chi connectivity index (χ0n) is 25.0. The average Bonchev–Trinajstić information content (AvgIpc) is 3.52. The first-order valence-electron chi connectivity index (χ1n) is 14.2. The Kier molecular flexibility index (Phi) is 7.78. The smallest absolute Gasteiger partial charge is 0.174 e. The number of methoxy groups -OCH3 is 1. The van der Waals surface area contributed by atoms with E-state index in [2.05, 4.69) is 96.2 Å². The number of nitrogens with zero attached hydrogens (tertiary/aromatic N) is 4. The number of pyridine rings is 1. The number of hydrogen-bond donors (Lipinski definition) is 1. The van der Waals surface area contributed by atoms with Crippen molar-refractivity contribution in [3.05, 3.63) is 126 Å². The van der Waals surface area contributed by atoms with Crippen molar-refractivity contribution in [2.24, 2.45) is 0 Å². The number of nitrogens with one attached hydrogen (secondary N) is 1. The molecule has 3 heterocycles. The largest absolute Gasteiger partial charge is 0.497 e. The number of anilines is 2. The summed E-state index contributed by atoms with van der Waals surface area (Å²) in [6.45, 7) is 4.34. The van der Waals surface area contributed by atoms with Crippen LogP contribution in [-0.2, 0) is 0 Å². The Labute approximate surface area is 258 Å². The lowest BCUT2D eigenvalue weighted by Crippen LogP contribution is -2.29. The molecule has 1 saturated heterocycles. The van der Waals surface area contributed by atoms with Gasteiger partial charge in [0.2, 0.25) is 0 Å². The molecule has 0 bridgehead atoms. The molecule has 3 aromatic carbocycles. The molecule has 0 spiro atoms. The van der Waals surface area contributed by atoms with Gasteiger partial charge in [-0.25, -0.2) is 0 Å². The molecule has 8 heteroatoms. The van der Waals surface area contributed by atoms with E-state index < -0.39 is 0 Å². The zero-order valence-corrected chi connectivity index (χ0v) is 25.8. The molecule has 7 nitrogen and oxygen atoms in total. The lowest BCUT2D eigenvalue weighted by atomic mass is 9.96. The molecule has 5 aromatic rings. The second kappa shape index (κ2) is 11.8. The Bertz CT molecular complexity index is 1720.